The molecule has 0 aliphatic rings. The number of benzene rings is 1. The molecule has 0 spiro atoms. The molecule has 0 bridgehead atoms. The molecule has 0 radical (unpaired) electrons. The molecule has 5 nitrogen and oxygen atoms in total. The summed E-state index contributed by atoms with van der Waals surface area (Å²) in [7, 11) is -2.85. The molecule has 0 aliphatic carbocycles. The van der Waals surface area contributed by atoms with Gasteiger partial charge in [0, 0.05) is 32.4 Å². The average molecular weight is 297 g/mol. The molecule has 1 aromatic carbocycles. The molecule has 0 fully saturated rings. The van der Waals surface area contributed by atoms with Crippen molar-refractivity contribution in [3.05, 3.63) is 24.3 Å². The van der Waals surface area contributed by atoms with Gasteiger partial charge in [-0.2, -0.15) is 0 Å². The van der Waals surface area contributed by atoms with Crippen molar-refractivity contribution in [2.24, 2.45) is 0 Å². The number of carbonyl (C=O) groups excluding carboxylic acids is 1. The van der Waals surface area contributed by atoms with Gasteiger partial charge in [0.2, 0.25) is 5.91 Å². The monoisotopic (exact) mass is 297 g/mol. The Kier molecular flexibility index (Phi) is 6.87. The Morgan fingerprint density at radius 3 is 1.80 bits per heavy atom. The molecular formula is C14H23NO4Si-. The van der Waals surface area contributed by atoms with Crippen LogP contribution in [0.25, 0.3) is 0 Å². The highest BCUT2D eigenvalue weighted by atomic mass is 28.4. The van der Waals surface area contributed by atoms with Crippen molar-refractivity contribution in [2.75, 3.05) is 25.1 Å². The summed E-state index contributed by atoms with van der Waals surface area (Å²) in [6.45, 7) is 8.83. The summed E-state index contributed by atoms with van der Waals surface area (Å²) in [5.41, 5.74) is 0.744. The lowest BCUT2D eigenvalue weighted by Crippen LogP contribution is -2.56. The topological polar surface area (TPSA) is 56.8 Å². The molecule has 0 unspecified atom stereocenters. The number of nitrogens with one attached hydrogen (secondary N) is 1. The first-order valence-corrected chi connectivity index (χ1v) is 8.60. The van der Waals surface area contributed by atoms with E-state index in [0.717, 1.165) is 10.9 Å². The van der Waals surface area contributed by atoms with Crippen LogP contribution < -0.4 is 10.5 Å². The Balaban J connectivity index is 3.02. The Hall–Kier alpha value is -1.21. The molecule has 0 aliphatic heterocycles. The van der Waals surface area contributed by atoms with Gasteiger partial charge in [-0.05, 0) is 32.9 Å². The SMILES string of the molecule is CCO[Si-](OCC)(OCC)c1ccc(NC(C)=O)cc1. The van der Waals surface area contributed by atoms with Crippen molar-refractivity contribution < 1.29 is 18.1 Å². The quantitative estimate of drug-likeness (QED) is 0.745. The van der Waals surface area contributed by atoms with Gasteiger partial charge in [-0.3, -0.25) is 4.79 Å². The third kappa shape index (κ3) is 4.41. The van der Waals surface area contributed by atoms with E-state index < -0.39 is 8.80 Å². The fourth-order valence-electron chi connectivity index (χ4n) is 1.91. The van der Waals surface area contributed by atoms with Crippen LogP contribution in [0.2, 0.25) is 0 Å². The average Bonchev–Trinajstić information content (AvgIpc) is 2.39. The van der Waals surface area contributed by atoms with Crippen LogP contribution in [0.15, 0.2) is 24.3 Å². The van der Waals surface area contributed by atoms with Crippen LogP contribution in [0.1, 0.15) is 27.7 Å². The summed E-state index contributed by atoms with van der Waals surface area (Å²) >= 11 is 0. The fourth-order valence-corrected chi connectivity index (χ4v) is 4.37. The van der Waals surface area contributed by atoms with E-state index in [-0.39, 0.29) is 5.91 Å². The van der Waals surface area contributed by atoms with E-state index in [0.29, 0.717) is 19.8 Å². The number of anilines is 1. The van der Waals surface area contributed by atoms with Crippen LogP contribution in [0.5, 0.6) is 0 Å². The molecule has 0 heterocycles. The molecule has 0 saturated heterocycles. The lowest BCUT2D eigenvalue weighted by Gasteiger charge is -2.43. The Morgan fingerprint density at radius 1 is 1.00 bits per heavy atom. The van der Waals surface area contributed by atoms with Crippen molar-refractivity contribution in [3.63, 3.8) is 0 Å². The molecule has 1 N–H and O–H groups in total. The van der Waals surface area contributed by atoms with Gasteiger partial charge in [-0.1, -0.05) is 12.1 Å². The van der Waals surface area contributed by atoms with Gasteiger partial charge >= 0.3 is 8.80 Å². The number of hydrogen-bond acceptors (Lipinski definition) is 4. The summed E-state index contributed by atoms with van der Waals surface area (Å²) in [6, 6.07) is 7.43. The van der Waals surface area contributed by atoms with E-state index in [4.69, 9.17) is 13.3 Å². The van der Waals surface area contributed by atoms with E-state index in [2.05, 4.69) is 5.32 Å². The molecule has 0 atom stereocenters. The zero-order valence-electron chi connectivity index (χ0n) is 12.6. The zero-order chi connectivity index (χ0) is 15.0. The first-order chi connectivity index (χ1) is 9.57. The summed E-state index contributed by atoms with van der Waals surface area (Å²) in [4.78, 5) is 11.0. The molecule has 0 saturated carbocycles. The highest BCUT2D eigenvalue weighted by Gasteiger charge is 2.27. The second-order valence-electron chi connectivity index (χ2n) is 4.11. The fraction of sp³-hybridized carbons (Fsp3) is 0.500. The van der Waals surface area contributed by atoms with Gasteiger partial charge < -0.3 is 18.6 Å². The predicted molar refractivity (Wildman–Crippen MR) is 81.0 cm³/mol. The minimum Gasteiger partial charge on any atom is -0.521 e. The molecule has 1 aromatic rings. The van der Waals surface area contributed by atoms with Crippen molar-refractivity contribution in [1.29, 1.82) is 0 Å². The first-order valence-electron chi connectivity index (χ1n) is 6.88. The summed E-state index contributed by atoms with van der Waals surface area (Å²) in [5.74, 6) is -0.0966. The van der Waals surface area contributed by atoms with Crippen LogP contribution in [0, 0.1) is 0 Å². The largest absolute Gasteiger partial charge is 0.521 e. The van der Waals surface area contributed by atoms with Crippen molar-refractivity contribution >= 4 is 25.6 Å². The Morgan fingerprint density at radius 2 is 1.45 bits per heavy atom. The maximum absolute atomic E-state index is 11.0. The Bertz CT molecular complexity index is 405. The number of carbonyl (C=O) groups is 1. The minimum atomic E-state index is -2.85. The lowest BCUT2D eigenvalue weighted by atomic mass is 10.3. The van der Waals surface area contributed by atoms with E-state index in [9.17, 15) is 4.79 Å². The third-order valence-corrected chi connectivity index (χ3v) is 5.61. The van der Waals surface area contributed by atoms with Gasteiger partial charge in [-0.25, -0.2) is 0 Å². The summed E-state index contributed by atoms with van der Waals surface area (Å²) < 4.78 is 17.5. The molecular weight excluding hydrogens is 274 g/mol. The smallest absolute Gasteiger partial charge is 0.314 e. The summed E-state index contributed by atoms with van der Waals surface area (Å²) in [6.07, 6.45) is 0. The Labute approximate surface area is 121 Å². The highest BCUT2D eigenvalue weighted by molar-refractivity contribution is 6.75. The number of hydrogen-bond donors (Lipinski definition) is 1. The van der Waals surface area contributed by atoms with Crippen LogP contribution in [-0.4, -0.2) is 34.5 Å². The molecule has 6 heteroatoms. The zero-order valence-corrected chi connectivity index (χ0v) is 13.6. The maximum atomic E-state index is 11.0. The number of amides is 1. The third-order valence-electron chi connectivity index (χ3n) is 2.56. The first kappa shape index (κ1) is 16.8. The van der Waals surface area contributed by atoms with Crippen molar-refractivity contribution in [2.45, 2.75) is 27.7 Å². The predicted octanol–water partition coefficient (Wildman–Crippen LogP) is 1.90. The highest BCUT2D eigenvalue weighted by Crippen LogP contribution is 2.13. The second kappa shape index (κ2) is 8.16. The molecule has 113 valence electrons. The van der Waals surface area contributed by atoms with Gasteiger partial charge in [0.1, 0.15) is 0 Å². The minimum absolute atomic E-state index is 0.0966. The standard InChI is InChI=1S/C14H23NO4Si/c1-5-17-20(18-6-2,19-7-3)14-10-8-13(9-11-14)15-12(4)16/h8-11H,5-7H2,1-4H3,(H,15,16)/q-1. The van der Waals surface area contributed by atoms with Gasteiger partial charge in [0.25, 0.3) is 0 Å². The van der Waals surface area contributed by atoms with Gasteiger partial charge in [0.05, 0.1) is 0 Å². The molecule has 1 rings (SSSR count). The van der Waals surface area contributed by atoms with Crippen molar-refractivity contribution in [1.82, 2.24) is 0 Å². The van der Waals surface area contributed by atoms with Crippen LogP contribution in [0.4, 0.5) is 5.69 Å². The van der Waals surface area contributed by atoms with E-state index >= 15 is 0 Å². The second-order valence-corrected chi connectivity index (χ2v) is 6.67. The van der Waals surface area contributed by atoms with Crippen LogP contribution in [0.3, 0.4) is 0 Å². The maximum Gasteiger partial charge on any atom is 0.314 e. The van der Waals surface area contributed by atoms with E-state index in [1.807, 2.05) is 45.0 Å². The van der Waals surface area contributed by atoms with Crippen LogP contribution >= 0.6 is 0 Å². The normalized spacial score (nSPS) is 11.4. The van der Waals surface area contributed by atoms with Gasteiger partial charge in [-0.15, -0.1) is 5.19 Å². The number of rotatable bonds is 8. The van der Waals surface area contributed by atoms with Gasteiger partial charge in [0.15, 0.2) is 0 Å². The van der Waals surface area contributed by atoms with E-state index in [1.54, 1.807) is 0 Å². The van der Waals surface area contributed by atoms with E-state index in [1.165, 1.54) is 6.92 Å². The molecule has 0 aromatic heterocycles. The molecule has 1 amide bonds. The lowest BCUT2D eigenvalue weighted by molar-refractivity contribution is -0.114. The molecule has 20 heavy (non-hydrogen) atoms. The summed E-state index contributed by atoms with van der Waals surface area (Å²) in [5, 5.41) is 3.63. The van der Waals surface area contributed by atoms with Crippen molar-refractivity contribution in [3.8, 4) is 0 Å². The van der Waals surface area contributed by atoms with Crippen LogP contribution in [-0.2, 0) is 18.1 Å².